The molecule has 0 bridgehead atoms. The molecule has 1 aromatic heterocycles. The van der Waals surface area contributed by atoms with Gasteiger partial charge in [-0.15, -0.1) is 0 Å². The van der Waals surface area contributed by atoms with E-state index in [0.29, 0.717) is 0 Å². The molecule has 1 heterocycles. The van der Waals surface area contributed by atoms with Crippen molar-refractivity contribution in [2.24, 2.45) is 0 Å². The van der Waals surface area contributed by atoms with Crippen molar-refractivity contribution in [3.8, 4) is 0 Å². The number of H-pyrrole nitrogens is 1. The fourth-order valence-electron chi connectivity index (χ4n) is 1.50. The van der Waals surface area contributed by atoms with E-state index in [0.717, 1.165) is 16.9 Å². The van der Waals surface area contributed by atoms with Crippen LogP contribution in [-0.4, -0.2) is 21.0 Å². The second kappa shape index (κ2) is 3.33. The molecule has 84 valence electrons. The van der Waals surface area contributed by atoms with Crippen LogP contribution in [-0.2, 0) is 5.41 Å². The Morgan fingerprint density at radius 2 is 2.06 bits per heavy atom. The smallest absolute Gasteiger partial charge is 0.335 e. The van der Waals surface area contributed by atoms with Gasteiger partial charge in [0.25, 0.3) is 0 Å². The molecule has 0 aliphatic heterocycles. The third-order valence-electron chi connectivity index (χ3n) is 2.44. The molecule has 0 amide bonds. The highest BCUT2D eigenvalue weighted by molar-refractivity contribution is 5.92. The Morgan fingerprint density at radius 1 is 1.38 bits per heavy atom. The van der Waals surface area contributed by atoms with Crippen LogP contribution in [0.15, 0.2) is 18.2 Å². The maximum atomic E-state index is 10.8. The zero-order valence-corrected chi connectivity index (χ0v) is 9.53. The van der Waals surface area contributed by atoms with E-state index < -0.39 is 5.97 Å². The number of rotatable bonds is 1. The van der Waals surface area contributed by atoms with E-state index in [4.69, 9.17) is 5.11 Å². The van der Waals surface area contributed by atoms with Gasteiger partial charge in [-0.2, -0.15) is 0 Å². The number of nitrogens with one attached hydrogen (secondary N) is 1. The van der Waals surface area contributed by atoms with Gasteiger partial charge in [-0.1, -0.05) is 20.8 Å². The van der Waals surface area contributed by atoms with Crippen LogP contribution in [0.25, 0.3) is 11.0 Å². The maximum absolute atomic E-state index is 10.8. The molecule has 2 aromatic rings. The predicted octanol–water partition coefficient (Wildman–Crippen LogP) is 2.56. The van der Waals surface area contributed by atoms with Gasteiger partial charge in [0.15, 0.2) is 0 Å². The lowest BCUT2D eigenvalue weighted by atomic mass is 9.96. The number of carboxylic acids is 1. The Labute approximate surface area is 93.3 Å². The summed E-state index contributed by atoms with van der Waals surface area (Å²) in [5.74, 6) is -0.0566. The number of hydrogen-bond donors (Lipinski definition) is 2. The minimum atomic E-state index is -0.922. The molecular weight excluding hydrogens is 204 g/mol. The lowest BCUT2D eigenvalue weighted by Gasteiger charge is -2.13. The van der Waals surface area contributed by atoms with E-state index in [-0.39, 0.29) is 11.0 Å². The molecule has 0 aliphatic rings. The Balaban J connectivity index is 2.59. The van der Waals surface area contributed by atoms with Gasteiger partial charge in [-0.25, -0.2) is 9.78 Å². The molecule has 4 nitrogen and oxygen atoms in total. The lowest BCUT2D eigenvalue weighted by molar-refractivity contribution is 0.0697. The molecule has 16 heavy (non-hydrogen) atoms. The molecule has 0 fully saturated rings. The van der Waals surface area contributed by atoms with Crippen molar-refractivity contribution in [1.82, 2.24) is 9.97 Å². The number of carboxylic acid groups (broad SMARTS) is 1. The third-order valence-corrected chi connectivity index (χ3v) is 2.44. The van der Waals surface area contributed by atoms with Gasteiger partial charge in [0.05, 0.1) is 16.6 Å². The number of nitrogens with zero attached hydrogens (tertiary/aromatic N) is 1. The molecule has 2 N–H and O–H groups in total. The third kappa shape index (κ3) is 1.78. The van der Waals surface area contributed by atoms with Crippen molar-refractivity contribution < 1.29 is 9.90 Å². The second-order valence-electron chi connectivity index (χ2n) is 4.87. The van der Waals surface area contributed by atoms with Crippen LogP contribution in [0.1, 0.15) is 37.0 Å². The van der Waals surface area contributed by atoms with E-state index in [9.17, 15) is 4.79 Å². The molecule has 0 unspecified atom stereocenters. The van der Waals surface area contributed by atoms with E-state index in [1.54, 1.807) is 18.2 Å². The summed E-state index contributed by atoms with van der Waals surface area (Å²) in [7, 11) is 0. The number of carbonyl (C=O) groups is 1. The van der Waals surface area contributed by atoms with Crippen molar-refractivity contribution in [2.45, 2.75) is 26.2 Å². The summed E-state index contributed by atoms with van der Waals surface area (Å²) in [6.07, 6.45) is 0. The van der Waals surface area contributed by atoms with E-state index >= 15 is 0 Å². The summed E-state index contributed by atoms with van der Waals surface area (Å²) >= 11 is 0. The first-order valence-electron chi connectivity index (χ1n) is 5.11. The average Bonchev–Trinajstić information content (AvgIpc) is 2.58. The van der Waals surface area contributed by atoms with Crippen molar-refractivity contribution in [2.75, 3.05) is 0 Å². The van der Waals surface area contributed by atoms with Crippen molar-refractivity contribution in [1.29, 1.82) is 0 Å². The monoisotopic (exact) mass is 218 g/mol. The number of aromatic carboxylic acids is 1. The highest BCUT2D eigenvalue weighted by Gasteiger charge is 2.18. The van der Waals surface area contributed by atoms with E-state index in [2.05, 4.69) is 30.7 Å². The molecule has 0 aliphatic carbocycles. The van der Waals surface area contributed by atoms with Crippen molar-refractivity contribution in [3.05, 3.63) is 29.6 Å². The lowest BCUT2D eigenvalue weighted by Crippen LogP contribution is -2.12. The maximum Gasteiger partial charge on any atom is 0.335 e. The summed E-state index contributed by atoms with van der Waals surface area (Å²) in [4.78, 5) is 18.4. The number of benzene rings is 1. The van der Waals surface area contributed by atoms with Gasteiger partial charge in [-0.05, 0) is 18.2 Å². The minimum Gasteiger partial charge on any atom is -0.478 e. The molecule has 0 radical (unpaired) electrons. The summed E-state index contributed by atoms with van der Waals surface area (Å²) in [6, 6.07) is 4.91. The number of hydrogen-bond acceptors (Lipinski definition) is 2. The summed E-state index contributed by atoms with van der Waals surface area (Å²) in [5, 5.41) is 8.88. The summed E-state index contributed by atoms with van der Waals surface area (Å²) in [5.41, 5.74) is 1.78. The van der Waals surface area contributed by atoms with Gasteiger partial charge in [-0.3, -0.25) is 0 Å². The van der Waals surface area contributed by atoms with Crippen LogP contribution >= 0.6 is 0 Å². The van der Waals surface area contributed by atoms with E-state index in [1.807, 2.05) is 0 Å². The van der Waals surface area contributed by atoms with Crippen LogP contribution in [0.5, 0.6) is 0 Å². The van der Waals surface area contributed by atoms with Crippen molar-refractivity contribution >= 4 is 17.0 Å². The highest BCUT2D eigenvalue weighted by Crippen LogP contribution is 2.22. The number of fused-ring (bicyclic) bond motifs is 1. The molecule has 1 aromatic carbocycles. The standard InChI is InChI=1S/C12H14N2O2/c1-12(2,3)11-13-8-5-4-7(10(15)16)6-9(8)14-11/h4-6H,1-3H3,(H,13,14)(H,15,16). The van der Waals surface area contributed by atoms with Gasteiger partial charge in [0.1, 0.15) is 5.82 Å². The largest absolute Gasteiger partial charge is 0.478 e. The van der Waals surface area contributed by atoms with Gasteiger partial charge >= 0.3 is 5.97 Å². The first-order valence-corrected chi connectivity index (χ1v) is 5.11. The summed E-state index contributed by atoms with van der Waals surface area (Å²) < 4.78 is 0. The molecule has 0 atom stereocenters. The first-order chi connectivity index (χ1) is 7.38. The Bertz CT molecular complexity index is 550. The normalized spacial score (nSPS) is 11.9. The predicted molar refractivity (Wildman–Crippen MR) is 61.8 cm³/mol. The van der Waals surface area contributed by atoms with E-state index in [1.165, 1.54) is 0 Å². The highest BCUT2D eigenvalue weighted by atomic mass is 16.4. The fourth-order valence-corrected chi connectivity index (χ4v) is 1.50. The fraction of sp³-hybridized carbons (Fsp3) is 0.333. The van der Waals surface area contributed by atoms with Gasteiger partial charge in [0, 0.05) is 5.41 Å². The van der Waals surface area contributed by atoms with Crippen molar-refractivity contribution in [3.63, 3.8) is 0 Å². The Morgan fingerprint density at radius 3 is 2.62 bits per heavy atom. The zero-order chi connectivity index (χ0) is 11.9. The number of imidazole rings is 1. The molecular formula is C12H14N2O2. The first kappa shape index (κ1) is 10.7. The summed E-state index contributed by atoms with van der Waals surface area (Å²) in [6.45, 7) is 6.18. The molecule has 0 saturated carbocycles. The van der Waals surface area contributed by atoms with Crippen LogP contribution < -0.4 is 0 Å². The Kier molecular flexibility index (Phi) is 2.22. The van der Waals surface area contributed by atoms with Crippen LogP contribution in [0.2, 0.25) is 0 Å². The number of aromatic amines is 1. The molecule has 2 rings (SSSR count). The zero-order valence-electron chi connectivity index (χ0n) is 9.53. The van der Waals surface area contributed by atoms with Gasteiger partial charge < -0.3 is 10.1 Å². The number of aromatic nitrogens is 2. The average molecular weight is 218 g/mol. The Hall–Kier alpha value is -1.84. The van der Waals surface area contributed by atoms with Crippen LogP contribution in [0.3, 0.4) is 0 Å². The SMILES string of the molecule is CC(C)(C)c1nc2ccc(C(=O)O)cc2[nH]1. The van der Waals surface area contributed by atoms with Crippen LogP contribution in [0, 0.1) is 0 Å². The van der Waals surface area contributed by atoms with Gasteiger partial charge in [0.2, 0.25) is 0 Å². The van der Waals surface area contributed by atoms with Crippen LogP contribution in [0.4, 0.5) is 0 Å². The second-order valence-corrected chi connectivity index (χ2v) is 4.87. The quantitative estimate of drug-likeness (QED) is 0.773. The molecule has 0 spiro atoms. The topological polar surface area (TPSA) is 66.0 Å². The molecule has 0 saturated heterocycles. The molecule has 4 heteroatoms. The minimum absolute atomic E-state index is 0.0671.